The lowest BCUT2D eigenvalue weighted by Gasteiger charge is -2.43. The number of hydrogen-bond donors (Lipinski definition) is 0. The molecular formula is C48H50O2Si. The molecule has 6 aromatic rings. The van der Waals surface area contributed by atoms with Crippen molar-refractivity contribution in [1.29, 1.82) is 0 Å². The highest BCUT2D eigenvalue weighted by Crippen LogP contribution is 2.41. The molecule has 0 N–H and O–H groups in total. The minimum Gasteiger partial charge on any atom is -0.403 e. The van der Waals surface area contributed by atoms with Crippen LogP contribution in [-0.2, 0) is 21.4 Å². The van der Waals surface area contributed by atoms with E-state index in [0.29, 0.717) is 13.2 Å². The quantitative estimate of drug-likeness (QED) is 0.0942. The lowest BCUT2D eigenvalue weighted by Crippen LogP contribution is -2.66. The fourth-order valence-electron chi connectivity index (χ4n) is 7.65. The highest BCUT2D eigenvalue weighted by Gasteiger charge is 2.50. The normalized spacial score (nSPS) is 12.5. The van der Waals surface area contributed by atoms with Gasteiger partial charge in [-0.25, -0.2) is 0 Å². The van der Waals surface area contributed by atoms with Gasteiger partial charge >= 0.3 is 0 Å². The Labute approximate surface area is 306 Å². The Morgan fingerprint density at radius 2 is 0.980 bits per heavy atom. The smallest absolute Gasteiger partial charge is 0.261 e. The van der Waals surface area contributed by atoms with Gasteiger partial charge in [0.2, 0.25) is 0 Å². The van der Waals surface area contributed by atoms with E-state index in [2.05, 4.69) is 211 Å². The van der Waals surface area contributed by atoms with Crippen molar-refractivity contribution < 1.29 is 9.16 Å². The maximum absolute atomic E-state index is 7.42. The summed E-state index contributed by atoms with van der Waals surface area (Å²) >= 11 is 0. The maximum Gasteiger partial charge on any atom is 0.261 e. The summed E-state index contributed by atoms with van der Waals surface area (Å²) in [5.41, 5.74) is 8.68. The van der Waals surface area contributed by atoms with Crippen LogP contribution in [0, 0.1) is 13.8 Å². The number of ether oxygens (including phenoxy) is 1. The van der Waals surface area contributed by atoms with Crippen LogP contribution < -0.4 is 10.4 Å². The van der Waals surface area contributed by atoms with Gasteiger partial charge in [-0.15, -0.1) is 0 Å². The van der Waals surface area contributed by atoms with E-state index >= 15 is 0 Å². The summed E-state index contributed by atoms with van der Waals surface area (Å²) in [6, 6.07) is 58.0. The van der Waals surface area contributed by atoms with Crippen molar-refractivity contribution in [2.45, 2.75) is 58.8 Å². The van der Waals surface area contributed by atoms with Gasteiger partial charge in [-0.05, 0) is 80.7 Å². The molecular weight excluding hydrogens is 637 g/mol. The van der Waals surface area contributed by atoms with Crippen LogP contribution >= 0.6 is 0 Å². The third-order valence-corrected chi connectivity index (χ3v) is 15.3. The molecule has 0 aliphatic rings. The second kappa shape index (κ2) is 15.6. The second-order valence-electron chi connectivity index (χ2n) is 14.5. The molecule has 0 aromatic heterocycles. The molecule has 0 aliphatic heterocycles. The van der Waals surface area contributed by atoms with Crippen LogP contribution in [0.1, 0.15) is 66.6 Å². The highest BCUT2D eigenvalue weighted by molar-refractivity contribution is 6.99. The van der Waals surface area contributed by atoms with Crippen molar-refractivity contribution in [2.24, 2.45) is 0 Å². The summed E-state index contributed by atoms with van der Waals surface area (Å²) < 4.78 is 14.5. The van der Waals surface area contributed by atoms with Crippen molar-refractivity contribution >= 4 is 24.3 Å². The lowest BCUT2D eigenvalue weighted by atomic mass is 9.80. The molecule has 0 fully saturated rings. The topological polar surface area (TPSA) is 18.5 Å². The van der Waals surface area contributed by atoms with E-state index < -0.39 is 13.9 Å². The van der Waals surface area contributed by atoms with Crippen molar-refractivity contribution in [1.82, 2.24) is 0 Å². The predicted molar refractivity (Wildman–Crippen MR) is 217 cm³/mol. The van der Waals surface area contributed by atoms with E-state index in [1.165, 1.54) is 38.2 Å². The average molecular weight is 687 g/mol. The summed E-state index contributed by atoms with van der Waals surface area (Å²) in [6.45, 7) is 14.6. The first-order valence-electron chi connectivity index (χ1n) is 18.0. The molecule has 0 aliphatic carbocycles. The number of benzene rings is 6. The average Bonchev–Trinajstić information content (AvgIpc) is 3.16. The molecule has 258 valence electrons. The Morgan fingerprint density at radius 3 is 1.39 bits per heavy atom. The summed E-state index contributed by atoms with van der Waals surface area (Å²) in [4.78, 5) is 0. The van der Waals surface area contributed by atoms with Gasteiger partial charge in [-0.1, -0.05) is 191 Å². The molecule has 0 radical (unpaired) electrons. The first-order valence-corrected chi connectivity index (χ1v) is 19.9. The van der Waals surface area contributed by atoms with Crippen molar-refractivity contribution in [3.8, 4) is 0 Å². The molecule has 0 saturated heterocycles. The first kappa shape index (κ1) is 36.0. The highest BCUT2D eigenvalue weighted by atomic mass is 28.4. The molecule has 0 saturated carbocycles. The first-order chi connectivity index (χ1) is 24.7. The van der Waals surface area contributed by atoms with Gasteiger partial charge in [-0.3, -0.25) is 0 Å². The van der Waals surface area contributed by atoms with Crippen LogP contribution in [0.4, 0.5) is 0 Å². The van der Waals surface area contributed by atoms with Crippen molar-refractivity contribution in [3.63, 3.8) is 0 Å². The summed E-state index contributed by atoms with van der Waals surface area (Å²) in [5, 5.41) is 2.50. The Balaban J connectivity index is 1.35. The standard InChI is InChI=1S/C48H50O2Si/c1-37-32-33-45(39(3)46(37)36-50-51(47(4,5)6,43-28-18-10-19-29-43)44-30-20-11-21-31-44)38(2)34-35-49-48(40-22-12-7-13-23-40,41-24-14-8-15-25-41)42-26-16-9-17-27-42/h7-34H,35-36H2,1-6H3. The summed E-state index contributed by atoms with van der Waals surface area (Å²) in [5.74, 6) is 0. The van der Waals surface area contributed by atoms with Crippen LogP contribution in [0.2, 0.25) is 5.04 Å². The zero-order valence-electron chi connectivity index (χ0n) is 30.9. The monoisotopic (exact) mass is 686 g/mol. The second-order valence-corrected chi connectivity index (χ2v) is 18.8. The van der Waals surface area contributed by atoms with Gasteiger partial charge < -0.3 is 9.16 Å². The third-order valence-electron chi connectivity index (χ3n) is 10.3. The summed E-state index contributed by atoms with van der Waals surface area (Å²) in [7, 11) is -2.70. The third kappa shape index (κ3) is 7.20. The van der Waals surface area contributed by atoms with E-state index in [0.717, 1.165) is 16.7 Å². The summed E-state index contributed by atoms with van der Waals surface area (Å²) in [6.07, 6.45) is 2.23. The minimum atomic E-state index is -2.70. The molecule has 0 unspecified atom stereocenters. The van der Waals surface area contributed by atoms with Crippen LogP contribution in [0.5, 0.6) is 0 Å². The van der Waals surface area contributed by atoms with Gasteiger partial charge in [0.05, 0.1) is 13.2 Å². The molecule has 3 heteroatoms. The molecule has 6 aromatic carbocycles. The Bertz CT molecular complexity index is 1900. The number of allylic oxidation sites excluding steroid dienone is 1. The lowest BCUT2D eigenvalue weighted by molar-refractivity contribution is 0.0321. The molecule has 0 amide bonds. The van der Waals surface area contributed by atoms with Gasteiger partial charge in [0, 0.05) is 0 Å². The molecule has 0 spiro atoms. The Hall–Kier alpha value is -4.80. The fourth-order valence-corrected chi connectivity index (χ4v) is 12.2. The Kier molecular flexibility index (Phi) is 11.0. The van der Waals surface area contributed by atoms with Gasteiger partial charge in [0.15, 0.2) is 0 Å². The number of rotatable bonds is 12. The van der Waals surface area contributed by atoms with Crippen LogP contribution in [0.3, 0.4) is 0 Å². The SMILES string of the molecule is CC(=CCOC(c1ccccc1)(c1ccccc1)c1ccccc1)c1ccc(C)c(CO[Si](c2ccccc2)(c2ccccc2)C(C)(C)C)c1C. The molecule has 0 heterocycles. The van der Waals surface area contributed by atoms with Crippen LogP contribution in [-0.4, -0.2) is 14.9 Å². The zero-order chi connectivity index (χ0) is 35.9. The Morgan fingerprint density at radius 1 is 0.569 bits per heavy atom. The van der Waals surface area contributed by atoms with Gasteiger partial charge in [-0.2, -0.15) is 0 Å². The minimum absolute atomic E-state index is 0.0922. The molecule has 51 heavy (non-hydrogen) atoms. The van der Waals surface area contributed by atoms with Crippen molar-refractivity contribution in [3.05, 3.63) is 209 Å². The van der Waals surface area contributed by atoms with E-state index in [4.69, 9.17) is 9.16 Å². The number of aryl methyl sites for hydroxylation is 1. The molecule has 0 atom stereocenters. The molecule has 6 rings (SSSR count). The van der Waals surface area contributed by atoms with E-state index in [9.17, 15) is 0 Å². The zero-order valence-corrected chi connectivity index (χ0v) is 31.9. The largest absolute Gasteiger partial charge is 0.403 e. The van der Waals surface area contributed by atoms with E-state index in [1.54, 1.807) is 0 Å². The molecule has 0 bridgehead atoms. The number of hydrogen-bond acceptors (Lipinski definition) is 2. The van der Waals surface area contributed by atoms with E-state index in [-0.39, 0.29) is 5.04 Å². The van der Waals surface area contributed by atoms with E-state index in [1.807, 2.05) is 0 Å². The van der Waals surface area contributed by atoms with Crippen molar-refractivity contribution in [2.75, 3.05) is 6.61 Å². The van der Waals surface area contributed by atoms with Crippen LogP contribution in [0.15, 0.2) is 170 Å². The fraction of sp³-hybridized carbons (Fsp3) is 0.208. The molecule has 2 nitrogen and oxygen atoms in total. The van der Waals surface area contributed by atoms with Gasteiger partial charge in [0.25, 0.3) is 8.32 Å². The predicted octanol–water partition coefficient (Wildman–Crippen LogP) is 10.8. The van der Waals surface area contributed by atoms with Crippen LogP contribution in [0.25, 0.3) is 5.57 Å². The maximum atomic E-state index is 7.42. The van der Waals surface area contributed by atoms with Gasteiger partial charge in [0.1, 0.15) is 5.60 Å².